The van der Waals surface area contributed by atoms with Crippen molar-refractivity contribution in [1.82, 2.24) is 4.90 Å². The highest BCUT2D eigenvalue weighted by atomic mass is 35.5. The summed E-state index contributed by atoms with van der Waals surface area (Å²) >= 11 is 5.81. The molecule has 1 aliphatic heterocycles. The molecular weight excluding hydrogens is 384 g/mol. The molecule has 1 amide bonds. The molecule has 8 heteroatoms. The van der Waals surface area contributed by atoms with Crippen LogP contribution in [0.15, 0.2) is 42.5 Å². The number of methoxy groups -OCH3 is 1. The van der Waals surface area contributed by atoms with Crippen LogP contribution in [0, 0.1) is 0 Å². The first-order chi connectivity index (χ1) is 13.4. The van der Waals surface area contributed by atoms with Crippen LogP contribution < -0.4 is 5.73 Å². The number of ether oxygens (including phenoxy) is 2. The van der Waals surface area contributed by atoms with Crippen molar-refractivity contribution in [3.63, 3.8) is 0 Å². The molecule has 0 unspecified atom stereocenters. The van der Waals surface area contributed by atoms with Gasteiger partial charge in [0.15, 0.2) is 6.61 Å². The second-order valence-corrected chi connectivity index (χ2v) is 6.78. The smallest absolute Gasteiger partial charge is 0.340 e. The first kappa shape index (κ1) is 19.7. The summed E-state index contributed by atoms with van der Waals surface area (Å²) in [6.45, 7) is -0.286. The summed E-state index contributed by atoms with van der Waals surface area (Å²) in [4.78, 5) is 38.5. The number of nitrogens with zero attached hydrogens (tertiary/aromatic N) is 1. The minimum Gasteiger partial charge on any atom is -0.467 e. The third-order valence-corrected chi connectivity index (χ3v) is 4.84. The van der Waals surface area contributed by atoms with Crippen LogP contribution in [0.25, 0.3) is 0 Å². The maximum absolute atomic E-state index is 12.7. The standard InChI is InChI=1S/C20H19ClN2O5/c1-27-20(26)17-8-12-4-2-3-5-13(12)10-23(17)18(24)11-28-19(25)15-7-6-14(21)9-16(15)22/h2-7,9,17H,8,10-11,22H2,1H3/t17-/m0/s1. The number of hydrogen-bond donors (Lipinski definition) is 1. The van der Waals surface area contributed by atoms with Crippen LogP contribution in [0.5, 0.6) is 0 Å². The topological polar surface area (TPSA) is 98.9 Å². The molecule has 1 atom stereocenters. The predicted octanol–water partition coefficient (Wildman–Crippen LogP) is 2.21. The van der Waals surface area contributed by atoms with Crippen LogP contribution in [0.1, 0.15) is 21.5 Å². The van der Waals surface area contributed by atoms with Crippen molar-refractivity contribution in [2.45, 2.75) is 19.0 Å². The van der Waals surface area contributed by atoms with E-state index in [2.05, 4.69) is 0 Å². The quantitative estimate of drug-likeness (QED) is 0.621. The molecule has 7 nitrogen and oxygen atoms in total. The molecule has 0 fully saturated rings. The van der Waals surface area contributed by atoms with Gasteiger partial charge in [-0.15, -0.1) is 0 Å². The zero-order valence-electron chi connectivity index (χ0n) is 15.2. The lowest BCUT2D eigenvalue weighted by molar-refractivity contribution is -0.155. The number of carbonyl (C=O) groups is 3. The van der Waals surface area contributed by atoms with Gasteiger partial charge >= 0.3 is 11.9 Å². The minimum absolute atomic E-state index is 0.116. The van der Waals surface area contributed by atoms with Crippen molar-refractivity contribution in [2.24, 2.45) is 0 Å². The Hall–Kier alpha value is -3.06. The molecule has 1 heterocycles. The Morgan fingerprint density at radius 3 is 2.57 bits per heavy atom. The van der Waals surface area contributed by atoms with Crippen molar-refractivity contribution in [1.29, 1.82) is 0 Å². The van der Waals surface area contributed by atoms with Crippen LogP contribution >= 0.6 is 11.6 Å². The Kier molecular flexibility index (Phi) is 5.84. The third kappa shape index (κ3) is 4.09. The lowest BCUT2D eigenvalue weighted by Gasteiger charge is -2.35. The van der Waals surface area contributed by atoms with Gasteiger partial charge in [-0.3, -0.25) is 4.79 Å². The minimum atomic E-state index is -0.772. The molecule has 0 aliphatic carbocycles. The molecule has 2 N–H and O–H groups in total. The molecule has 3 rings (SSSR count). The van der Waals surface area contributed by atoms with Gasteiger partial charge in [-0.1, -0.05) is 35.9 Å². The summed E-state index contributed by atoms with van der Waals surface area (Å²) in [6, 6.07) is 11.1. The summed E-state index contributed by atoms with van der Waals surface area (Å²) in [5, 5.41) is 0.387. The molecule has 0 aromatic heterocycles. The summed E-state index contributed by atoms with van der Waals surface area (Å²) in [6.07, 6.45) is 0.340. The molecular formula is C20H19ClN2O5. The normalized spacial score (nSPS) is 15.5. The molecule has 0 saturated carbocycles. The highest BCUT2D eigenvalue weighted by Crippen LogP contribution is 2.24. The van der Waals surface area contributed by atoms with Crippen LogP contribution in [0.3, 0.4) is 0 Å². The molecule has 2 aromatic rings. The van der Waals surface area contributed by atoms with Crippen molar-refractivity contribution >= 4 is 35.1 Å². The molecule has 2 aromatic carbocycles. The average molecular weight is 403 g/mol. The van der Waals surface area contributed by atoms with Crippen molar-refractivity contribution in [3.05, 3.63) is 64.2 Å². The first-order valence-electron chi connectivity index (χ1n) is 8.57. The molecule has 0 radical (unpaired) electrons. The molecule has 0 bridgehead atoms. The van der Waals surface area contributed by atoms with E-state index in [1.165, 1.54) is 30.2 Å². The van der Waals surface area contributed by atoms with Crippen molar-refractivity contribution in [3.8, 4) is 0 Å². The van der Waals surface area contributed by atoms with E-state index >= 15 is 0 Å². The van der Waals surface area contributed by atoms with Gasteiger partial charge in [0.2, 0.25) is 0 Å². The lowest BCUT2D eigenvalue weighted by atomic mass is 9.94. The Morgan fingerprint density at radius 2 is 1.89 bits per heavy atom. The second-order valence-electron chi connectivity index (χ2n) is 6.34. The van der Waals surface area contributed by atoms with Gasteiger partial charge in [0, 0.05) is 23.7 Å². The van der Waals surface area contributed by atoms with E-state index in [0.29, 0.717) is 11.4 Å². The fourth-order valence-electron chi connectivity index (χ4n) is 3.14. The van der Waals surface area contributed by atoms with Gasteiger partial charge in [0.1, 0.15) is 6.04 Å². The number of esters is 2. The number of hydrogen-bond acceptors (Lipinski definition) is 6. The SMILES string of the molecule is COC(=O)[C@@H]1Cc2ccccc2CN1C(=O)COC(=O)c1ccc(Cl)cc1N. The average Bonchev–Trinajstić information content (AvgIpc) is 2.70. The van der Waals surface area contributed by atoms with E-state index in [1.54, 1.807) is 0 Å². The van der Waals surface area contributed by atoms with Gasteiger partial charge in [0.05, 0.1) is 12.7 Å². The van der Waals surface area contributed by atoms with E-state index < -0.39 is 30.5 Å². The first-order valence-corrected chi connectivity index (χ1v) is 8.94. The summed E-state index contributed by atoms with van der Waals surface area (Å²) in [7, 11) is 1.27. The van der Waals surface area contributed by atoms with Gasteiger partial charge in [0.25, 0.3) is 5.91 Å². The number of nitrogen functional groups attached to an aromatic ring is 1. The number of fused-ring (bicyclic) bond motifs is 1. The zero-order valence-corrected chi connectivity index (χ0v) is 15.9. The van der Waals surface area contributed by atoms with Gasteiger partial charge in [-0.2, -0.15) is 0 Å². The molecule has 146 valence electrons. The van der Waals surface area contributed by atoms with E-state index in [1.807, 2.05) is 24.3 Å². The predicted molar refractivity (Wildman–Crippen MR) is 103 cm³/mol. The highest BCUT2D eigenvalue weighted by Gasteiger charge is 2.35. The van der Waals surface area contributed by atoms with E-state index in [-0.39, 0.29) is 17.8 Å². The van der Waals surface area contributed by atoms with Crippen LogP contribution in [0.2, 0.25) is 5.02 Å². The van der Waals surface area contributed by atoms with Gasteiger partial charge in [-0.25, -0.2) is 9.59 Å². The number of benzene rings is 2. The fourth-order valence-corrected chi connectivity index (χ4v) is 3.32. The summed E-state index contributed by atoms with van der Waals surface area (Å²) < 4.78 is 9.95. The van der Waals surface area contributed by atoms with E-state index in [4.69, 9.17) is 26.8 Å². The molecule has 28 heavy (non-hydrogen) atoms. The number of amides is 1. The zero-order chi connectivity index (χ0) is 20.3. The van der Waals surface area contributed by atoms with Crippen molar-refractivity contribution < 1.29 is 23.9 Å². The third-order valence-electron chi connectivity index (χ3n) is 4.60. The van der Waals surface area contributed by atoms with E-state index in [9.17, 15) is 14.4 Å². The molecule has 0 spiro atoms. The van der Waals surface area contributed by atoms with Crippen LogP contribution in [-0.4, -0.2) is 42.5 Å². The van der Waals surface area contributed by atoms with Crippen molar-refractivity contribution in [2.75, 3.05) is 19.5 Å². The Morgan fingerprint density at radius 1 is 1.18 bits per heavy atom. The monoisotopic (exact) mass is 402 g/mol. The second kappa shape index (κ2) is 8.31. The van der Waals surface area contributed by atoms with Gasteiger partial charge in [-0.05, 0) is 29.3 Å². The lowest BCUT2D eigenvalue weighted by Crippen LogP contribution is -2.50. The largest absolute Gasteiger partial charge is 0.467 e. The Balaban J connectivity index is 1.72. The highest BCUT2D eigenvalue weighted by molar-refractivity contribution is 6.31. The Labute approximate surface area is 167 Å². The molecule has 0 saturated heterocycles. The van der Waals surface area contributed by atoms with E-state index in [0.717, 1.165) is 11.1 Å². The van der Waals surface area contributed by atoms with Crippen LogP contribution in [0.4, 0.5) is 5.69 Å². The van der Waals surface area contributed by atoms with Gasteiger partial charge < -0.3 is 20.1 Å². The maximum atomic E-state index is 12.7. The summed E-state index contributed by atoms with van der Waals surface area (Å²) in [5.74, 6) is -1.75. The maximum Gasteiger partial charge on any atom is 0.340 e. The fraction of sp³-hybridized carbons (Fsp3) is 0.250. The Bertz CT molecular complexity index is 931. The molecule has 1 aliphatic rings. The number of halogens is 1. The van der Waals surface area contributed by atoms with Crippen LogP contribution in [-0.2, 0) is 32.0 Å². The summed E-state index contributed by atoms with van der Waals surface area (Å²) in [5.41, 5.74) is 7.95. The number of nitrogens with two attached hydrogens (primary N) is 1. The number of rotatable bonds is 4. The number of anilines is 1. The number of carbonyl (C=O) groups excluding carboxylic acids is 3.